The highest BCUT2D eigenvalue weighted by Gasteiger charge is 2.44. The Balaban J connectivity index is 0.000000759. The van der Waals surface area contributed by atoms with Crippen molar-refractivity contribution in [3.05, 3.63) is 12.3 Å². The van der Waals surface area contributed by atoms with E-state index in [4.69, 9.17) is 19.7 Å². The van der Waals surface area contributed by atoms with Gasteiger partial charge >= 0.3 is 0 Å². The van der Waals surface area contributed by atoms with Gasteiger partial charge < -0.3 is 29.9 Å². The first-order valence-electron chi connectivity index (χ1n) is 15.4. The van der Waals surface area contributed by atoms with E-state index < -0.39 is 15.8 Å². The standard InChI is InChI=1S/C25H42N4O4S.C3H8O2.C2H6/c1-19(29-12-5-6-21(29)17-26)18-27-25(4)10-13-28(14-11-25)34(30,31)15-9-22-8-7-20-16-24(2,3)33-23(20)32-22;1-3(2,4)5;1-2/h20-23,27H,1,5-16,18H2,2-4H3;4-5H,1-2H3;1-2H3/t20?,21?,22-,23?;;/m0../s1. The van der Waals surface area contributed by atoms with Gasteiger partial charge in [0.15, 0.2) is 12.1 Å². The summed E-state index contributed by atoms with van der Waals surface area (Å²) in [6, 6.07) is 2.29. The van der Waals surface area contributed by atoms with Crippen LogP contribution in [-0.2, 0) is 19.5 Å². The maximum atomic E-state index is 13.0. The number of hydrogen-bond donors (Lipinski definition) is 3. The maximum Gasteiger partial charge on any atom is 0.214 e. The van der Waals surface area contributed by atoms with E-state index in [9.17, 15) is 13.7 Å². The quantitative estimate of drug-likeness (QED) is 0.356. The van der Waals surface area contributed by atoms with Gasteiger partial charge in [-0.05, 0) is 86.0 Å². The average molecular weight is 601 g/mol. The SMILES string of the molecule is C=C(CNC1(C)CCN(S(=O)(=O)CC[C@@H]2CCC3CC(C)(C)OC3O2)CC1)N1CCCC1C#N.CC.CC(C)(O)O. The van der Waals surface area contributed by atoms with Crippen LogP contribution in [0.4, 0.5) is 0 Å². The molecule has 3 N–H and O–H groups in total. The number of piperidine rings is 1. The lowest BCUT2D eigenvalue weighted by Crippen LogP contribution is -2.54. The van der Waals surface area contributed by atoms with Crippen molar-refractivity contribution in [2.24, 2.45) is 5.92 Å². The number of aliphatic hydroxyl groups is 2. The third-order valence-electron chi connectivity index (χ3n) is 8.20. The molecule has 0 radical (unpaired) electrons. The smallest absolute Gasteiger partial charge is 0.214 e. The number of likely N-dealkylation sites (tertiary alicyclic amines) is 1. The van der Waals surface area contributed by atoms with Gasteiger partial charge in [-0.3, -0.25) is 0 Å². The molecule has 4 saturated heterocycles. The zero-order chi connectivity index (χ0) is 31.1. The van der Waals surface area contributed by atoms with Gasteiger partial charge in [-0.15, -0.1) is 0 Å². The number of nitrogens with one attached hydrogen (secondary N) is 1. The molecule has 41 heavy (non-hydrogen) atoms. The maximum absolute atomic E-state index is 13.0. The second-order valence-electron chi connectivity index (χ2n) is 13.0. The fourth-order valence-electron chi connectivity index (χ4n) is 5.97. The molecule has 4 heterocycles. The van der Waals surface area contributed by atoms with Gasteiger partial charge in [-0.1, -0.05) is 20.4 Å². The molecule has 3 unspecified atom stereocenters. The van der Waals surface area contributed by atoms with Crippen LogP contribution in [0.3, 0.4) is 0 Å². The number of nitrogens with zero attached hydrogens (tertiary/aromatic N) is 3. The third kappa shape index (κ3) is 11.4. The summed E-state index contributed by atoms with van der Waals surface area (Å²) in [6.07, 6.45) is 6.70. The normalized spacial score (nSPS) is 29.3. The van der Waals surface area contributed by atoms with Crippen molar-refractivity contribution in [2.75, 3.05) is 31.9 Å². The fraction of sp³-hybridized carbons (Fsp3) is 0.900. The summed E-state index contributed by atoms with van der Waals surface area (Å²) in [5, 5.41) is 29.1. The molecule has 238 valence electrons. The van der Waals surface area contributed by atoms with Crippen LogP contribution in [0.15, 0.2) is 12.3 Å². The Labute approximate surface area is 249 Å². The van der Waals surface area contributed by atoms with Crippen molar-refractivity contribution in [1.29, 1.82) is 5.26 Å². The third-order valence-corrected chi connectivity index (χ3v) is 10.1. The second-order valence-corrected chi connectivity index (χ2v) is 15.1. The molecule has 4 atom stereocenters. The lowest BCUT2D eigenvalue weighted by Gasteiger charge is -2.40. The first-order valence-corrected chi connectivity index (χ1v) is 17.0. The minimum atomic E-state index is -3.31. The molecule has 4 rings (SSSR count). The molecule has 0 aromatic rings. The molecule has 0 saturated carbocycles. The van der Waals surface area contributed by atoms with E-state index in [0.717, 1.165) is 57.2 Å². The second kappa shape index (κ2) is 15.0. The van der Waals surface area contributed by atoms with E-state index in [2.05, 4.69) is 43.6 Å². The molecule has 4 aliphatic rings. The highest BCUT2D eigenvalue weighted by atomic mass is 32.2. The molecular weight excluding hydrogens is 544 g/mol. The Morgan fingerprint density at radius 2 is 1.73 bits per heavy atom. The van der Waals surface area contributed by atoms with Gasteiger partial charge in [0.1, 0.15) is 6.04 Å². The number of hydrogen-bond acceptors (Lipinski definition) is 9. The molecule has 0 aliphatic carbocycles. The highest BCUT2D eigenvalue weighted by Crippen LogP contribution is 2.42. The zero-order valence-electron chi connectivity index (χ0n) is 26.5. The van der Waals surface area contributed by atoms with Gasteiger partial charge in [-0.2, -0.15) is 5.26 Å². The van der Waals surface area contributed by atoms with Crippen LogP contribution in [-0.4, -0.2) is 95.1 Å². The van der Waals surface area contributed by atoms with Crippen molar-refractivity contribution in [1.82, 2.24) is 14.5 Å². The summed E-state index contributed by atoms with van der Waals surface area (Å²) in [6.45, 7) is 19.7. The minimum Gasteiger partial charge on any atom is -0.366 e. The summed E-state index contributed by atoms with van der Waals surface area (Å²) in [5.41, 5.74) is 0.665. The number of nitriles is 1. The van der Waals surface area contributed by atoms with Crippen molar-refractivity contribution >= 4 is 10.0 Å². The Bertz CT molecular complexity index is 976. The van der Waals surface area contributed by atoms with Crippen LogP contribution >= 0.6 is 0 Å². The monoisotopic (exact) mass is 600 g/mol. The van der Waals surface area contributed by atoms with Gasteiger partial charge in [0.25, 0.3) is 0 Å². The molecule has 0 bridgehead atoms. The van der Waals surface area contributed by atoms with Crippen molar-refractivity contribution in [3.8, 4) is 6.07 Å². The molecule has 10 nitrogen and oxygen atoms in total. The molecule has 0 amide bonds. The van der Waals surface area contributed by atoms with Gasteiger partial charge in [0.05, 0.1) is 23.5 Å². The molecule has 4 fully saturated rings. The fourth-order valence-corrected chi connectivity index (χ4v) is 7.53. The van der Waals surface area contributed by atoms with E-state index in [1.54, 1.807) is 4.31 Å². The van der Waals surface area contributed by atoms with Crippen LogP contribution in [0.25, 0.3) is 0 Å². The molecule has 0 aromatic heterocycles. The number of fused-ring (bicyclic) bond motifs is 1. The van der Waals surface area contributed by atoms with Crippen LogP contribution in [0.2, 0.25) is 0 Å². The van der Waals surface area contributed by atoms with Crippen molar-refractivity contribution in [3.63, 3.8) is 0 Å². The van der Waals surface area contributed by atoms with E-state index in [0.29, 0.717) is 32.0 Å². The highest BCUT2D eigenvalue weighted by molar-refractivity contribution is 7.89. The van der Waals surface area contributed by atoms with Gasteiger partial charge in [-0.25, -0.2) is 12.7 Å². The van der Waals surface area contributed by atoms with E-state index in [-0.39, 0.29) is 35.3 Å². The zero-order valence-corrected chi connectivity index (χ0v) is 27.3. The Morgan fingerprint density at radius 1 is 1.12 bits per heavy atom. The summed E-state index contributed by atoms with van der Waals surface area (Å²) in [7, 11) is -3.31. The van der Waals surface area contributed by atoms with E-state index >= 15 is 0 Å². The summed E-state index contributed by atoms with van der Waals surface area (Å²) in [4.78, 5) is 2.10. The first-order chi connectivity index (χ1) is 19.0. The molecule has 0 aromatic carbocycles. The molecule has 4 aliphatic heterocycles. The lowest BCUT2D eigenvalue weighted by atomic mass is 9.90. The Kier molecular flexibility index (Phi) is 13.1. The number of ether oxygens (including phenoxy) is 2. The summed E-state index contributed by atoms with van der Waals surface area (Å²) >= 11 is 0. The van der Waals surface area contributed by atoms with Crippen LogP contribution in [0.1, 0.15) is 99.8 Å². The predicted octanol–water partition coefficient (Wildman–Crippen LogP) is 3.71. The summed E-state index contributed by atoms with van der Waals surface area (Å²) in [5.74, 6) is -0.938. The number of sulfonamides is 1. The largest absolute Gasteiger partial charge is 0.366 e. The van der Waals surface area contributed by atoms with Crippen LogP contribution in [0.5, 0.6) is 0 Å². The summed E-state index contributed by atoms with van der Waals surface area (Å²) < 4.78 is 39.9. The average Bonchev–Trinajstić information content (AvgIpc) is 3.49. The Hall–Kier alpha value is -1.26. The van der Waals surface area contributed by atoms with Gasteiger partial charge in [0.2, 0.25) is 10.0 Å². The molecule has 0 spiro atoms. The molecule has 11 heteroatoms. The first kappa shape index (κ1) is 35.9. The van der Waals surface area contributed by atoms with Gasteiger partial charge in [0, 0.05) is 43.3 Å². The molecular formula is C30H56N4O6S. The Morgan fingerprint density at radius 3 is 2.32 bits per heavy atom. The van der Waals surface area contributed by atoms with Crippen LogP contribution < -0.4 is 5.32 Å². The topological polar surface area (TPSA) is 135 Å². The van der Waals surface area contributed by atoms with Crippen LogP contribution in [0, 0.1) is 17.2 Å². The lowest BCUT2D eigenvalue weighted by molar-refractivity contribution is -0.212. The van der Waals surface area contributed by atoms with E-state index in [1.807, 2.05) is 13.8 Å². The van der Waals surface area contributed by atoms with E-state index in [1.165, 1.54) is 13.8 Å². The van der Waals surface area contributed by atoms with Crippen molar-refractivity contribution in [2.45, 2.75) is 135 Å². The minimum absolute atomic E-state index is 0.0458. The number of rotatable bonds is 8. The predicted molar refractivity (Wildman–Crippen MR) is 161 cm³/mol. The van der Waals surface area contributed by atoms with Crippen molar-refractivity contribution < 1.29 is 28.1 Å².